The van der Waals surface area contributed by atoms with Crippen LogP contribution in [0.15, 0.2) is 48.5 Å². The van der Waals surface area contributed by atoms with Crippen LogP contribution in [0.4, 0.5) is 10.5 Å². The molecule has 25 heavy (non-hydrogen) atoms. The standard InChI is InChI=1S/C19H22ClN3O2/c1-25-16-8-6-15(7-9-16)14-22-10-12-23(13-11-22)19(24)21-18-5-3-2-4-17(18)20/h2-9H,10-14H2,1H3,(H,21,24). The van der Waals surface area contributed by atoms with Crippen LogP contribution >= 0.6 is 11.6 Å². The van der Waals surface area contributed by atoms with Gasteiger partial charge in [0, 0.05) is 32.7 Å². The lowest BCUT2D eigenvalue weighted by Gasteiger charge is -2.34. The number of nitrogens with one attached hydrogen (secondary N) is 1. The summed E-state index contributed by atoms with van der Waals surface area (Å²) >= 11 is 6.09. The first kappa shape index (κ1) is 17.6. The van der Waals surface area contributed by atoms with Crippen LogP contribution in [0.3, 0.4) is 0 Å². The molecule has 5 nitrogen and oxygen atoms in total. The highest BCUT2D eigenvalue weighted by molar-refractivity contribution is 6.33. The van der Waals surface area contributed by atoms with Gasteiger partial charge in [-0.1, -0.05) is 35.9 Å². The van der Waals surface area contributed by atoms with Crippen molar-refractivity contribution < 1.29 is 9.53 Å². The average molecular weight is 360 g/mol. The van der Waals surface area contributed by atoms with E-state index in [-0.39, 0.29) is 6.03 Å². The maximum Gasteiger partial charge on any atom is 0.321 e. The Hall–Kier alpha value is -2.24. The Labute approximate surface area is 153 Å². The van der Waals surface area contributed by atoms with Gasteiger partial charge in [0.2, 0.25) is 0 Å². The van der Waals surface area contributed by atoms with Crippen LogP contribution in [0.1, 0.15) is 5.56 Å². The summed E-state index contributed by atoms with van der Waals surface area (Å²) in [5.41, 5.74) is 1.89. The fraction of sp³-hybridized carbons (Fsp3) is 0.316. The van der Waals surface area contributed by atoms with E-state index in [1.165, 1.54) is 5.56 Å². The molecular formula is C19H22ClN3O2. The number of piperazine rings is 1. The summed E-state index contributed by atoms with van der Waals surface area (Å²) in [6, 6.07) is 15.3. The number of rotatable bonds is 4. The molecule has 2 amide bonds. The van der Waals surface area contributed by atoms with E-state index >= 15 is 0 Å². The second-order valence-electron chi connectivity index (χ2n) is 6.02. The quantitative estimate of drug-likeness (QED) is 0.905. The highest BCUT2D eigenvalue weighted by atomic mass is 35.5. The molecule has 132 valence electrons. The summed E-state index contributed by atoms with van der Waals surface area (Å²) in [6.45, 7) is 3.98. The molecule has 0 radical (unpaired) electrons. The summed E-state index contributed by atoms with van der Waals surface area (Å²) in [4.78, 5) is 16.6. The Bertz CT molecular complexity index is 713. The van der Waals surface area contributed by atoms with Gasteiger partial charge in [0.25, 0.3) is 0 Å². The SMILES string of the molecule is COc1ccc(CN2CCN(C(=O)Nc3ccccc3Cl)CC2)cc1. The molecule has 0 saturated carbocycles. The van der Waals surface area contributed by atoms with Crippen LogP contribution in [0, 0.1) is 0 Å². The van der Waals surface area contributed by atoms with Gasteiger partial charge < -0.3 is 15.0 Å². The third kappa shape index (κ3) is 4.65. The van der Waals surface area contributed by atoms with Crippen LogP contribution in [-0.2, 0) is 6.54 Å². The topological polar surface area (TPSA) is 44.8 Å². The molecule has 0 spiro atoms. The monoisotopic (exact) mass is 359 g/mol. The third-order valence-electron chi connectivity index (χ3n) is 4.34. The number of hydrogen-bond donors (Lipinski definition) is 1. The first-order valence-electron chi connectivity index (χ1n) is 8.31. The van der Waals surface area contributed by atoms with Gasteiger partial charge in [-0.2, -0.15) is 0 Å². The van der Waals surface area contributed by atoms with Crippen molar-refractivity contribution in [2.24, 2.45) is 0 Å². The molecule has 0 bridgehead atoms. The largest absolute Gasteiger partial charge is 0.497 e. The van der Waals surface area contributed by atoms with Crippen molar-refractivity contribution in [1.29, 1.82) is 0 Å². The minimum absolute atomic E-state index is 0.0998. The van der Waals surface area contributed by atoms with Crippen molar-refractivity contribution in [3.05, 3.63) is 59.1 Å². The smallest absolute Gasteiger partial charge is 0.321 e. The Morgan fingerprint density at radius 3 is 2.40 bits per heavy atom. The minimum atomic E-state index is -0.0998. The number of para-hydroxylation sites is 1. The molecule has 0 aliphatic carbocycles. The maximum atomic E-state index is 12.4. The molecular weight excluding hydrogens is 338 g/mol. The van der Waals surface area contributed by atoms with Crippen molar-refractivity contribution in [2.75, 3.05) is 38.6 Å². The van der Waals surface area contributed by atoms with Crippen molar-refractivity contribution >= 4 is 23.3 Å². The van der Waals surface area contributed by atoms with Crippen LogP contribution in [0.2, 0.25) is 5.02 Å². The number of hydrogen-bond acceptors (Lipinski definition) is 3. The Morgan fingerprint density at radius 1 is 1.08 bits per heavy atom. The molecule has 3 rings (SSSR count). The van der Waals surface area contributed by atoms with E-state index in [1.54, 1.807) is 19.2 Å². The fourth-order valence-corrected chi connectivity index (χ4v) is 3.04. The molecule has 0 unspecified atom stereocenters. The summed E-state index contributed by atoms with van der Waals surface area (Å²) in [5, 5.41) is 3.43. The van der Waals surface area contributed by atoms with Gasteiger partial charge in [0.15, 0.2) is 0 Å². The summed E-state index contributed by atoms with van der Waals surface area (Å²) < 4.78 is 5.18. The number of halogens is 1. The number of urea groups is 1. The zero-order valence-corrected chi connectivity index (χ0v) is 15.0. The van der Waals surface area contributed by atoms with Crippen LogP contribution < -0.4 is 10.1 Å². The summed E-state index contributed by atoms with van der Waals surface area (Å²) in [5.74, 6) is 0.866. The fourth-order valence-electron chi connectivity index (χ4n) is 2.86. The molecule has 0 aromatic heterocycles. The zero-order chi connectivity index (χ0) is 17.6. The summed E-state index contributed by atoms with van der Waals surface area (Å²) in [6.07, 6.45) is 0. The number of methoxy groups -OCH3 is 1. The first-order chi connectivity index (χ1) is 12.2. The molecule has 1 fully saturated rings. The Morgan fingerprint density at radius 2 is 1.76 bits per heavy atom. The maximum absolute atomic E-state index is 12.4. The number of benzene rings is 2. The molecule has 1 heterocycles. The molecule has 2 aromatic rings. The predicted molar refractivity (Wildman–Crippen MR) is 100 cm³/mol. The number of anilines is 1. The van der Waals surface area contributed by atoms with E-state index in [4.69, 9.17) is 16.3 Å². The highest BCUT2D eigenvalue weighted by Gasteiger charge is 2.21. The average Bonchev–Trinajstić information content (AvgIpc) is 2.65. The van der Waals surface area contributed by atoms with Gasteiger partial charge in [-0.15, -0.1) is 0 Å². The lowest BCUT2D eigenvalue weighted by Crippen LogP contribution is -2.49. The summed E-state index contributed by atoms with van der Waals surface area (Å²) in [7, 11) is 1.67. The van der Waals surface area contributed by atoms with Gasteiger partial charge in [-0.3, -0.25) is 4.90 Å². The van der Waals surface area contributed by atoms with Crippen molar-refractivity contribution in [3.8, 4) is 5.75 Å². The molecule has 1 N–H and O–H groups in total. The number of carbonyl (C=O) groups excluding carboxylic acids is 1. The number of amides is 2. The third-order valence-corrected chi connectivity index (χ3v) is 4.67. The minimum Gasteiger partial charge on any atom is -0.497 e. The molecule has 1 aliphatic rings. The van der Waals surface area contributed by atoms with E-state index in [1.807, 2.05) is 29.2 Å². The van der Waals surface area contributed by atoms with E-state index in [9.17, 15) is 4.79 Å². The van der Waals surface area contributed by atoms with Gasteiger partial charge in [0.1, 0.15) is 5.75 Å². The van der Waals surface area contributed by atoms with E-state index in [0.717, 1.165) is 25.4 Å². The number of carbonyl (C=O) groups is 1. The van der Waals surface area contributed by atoms with Crippen LogP contribution in [0.5, 0.6) is 5.75 Å². The molecule has 1 saturated heterocycles. The second kappa shape index (κ2) is 8.23. The highest BCUT2D eigenvalue weighted by Crippen LogP contribution is 2.21. The van der Waals surface area contributed by atoms with Gasteiger partial charge in [-0.25, -0.2) is 4.79 Å². The van der Waals surface area contributed by atoms with Gasteiger partial charge in [-0.05, 0) is 29.8 Å². The predicted octanol–water partition coefficient (Wildman–Crippen LogP) is 3.70. The normalized spacial score (nSPS) is 15.0. The molecule has 6 heteroatoms. The number of ether oxygens (including phenoxy) is 1. The zero-order valence-electron chi connectivity index (χ0n) is 14.2. The van der Waals surface area contributed by atoms with Gasteiger partial charge in [0.05, 0.1) is 17.8 Å². The van der Waals surface area contributed by atoms with Crippen molar-refractivity contribution in [2.45, 2.75) is 6.54 Å². The van der Waals surface area contributed by atoms with E-state index < -0.39 is 0 Å². The van der Waals surface area contributed by atoms with Gasteiger partial charge >= 0.3 is 6.03 Å². The molecule has 2 aromatic carbocycles. The number of nitrogens with zero attached hydrogens (tertiary/aromatic N) is 2. The van der Waals surface area contributed by atoms with Crippen LogP contribution in [0.25, 0.3) is 0 Å². The Balaban J connectivity index is 1.49. The van der Waals surface area contributed by atoms with Crippen molar-refractivity contribution in [1.82, 2.24) is 9.80 Å². The Kier molecular flexibility index (Phi) is 5.79. The van der Waals surface area contributed by atoms with E-state index in [0.29, 0.717) is 23.8 Å². The second-order valence-corrected chi connectivity index (χ2v) is 6.43. The lowest BCUT2D eigenvalue weighted by molar-refractivity contribution is 0.143. The van der Waals surface area contributed by atoms with Crippen molar-refractivity contribution in [3.63, 3.8) is 0 Å². The first-order valence-corrected chi connectivity index (χ1v) is 8.69. The van der Waals surface area contributed by atoms with E-state index in [2.05, 4.69) is 22.3 Å². The van der Waals surface area contributed by atoms with Crippen LogP contribution in [-0.4, -0.2) is 49.1 Å². The lowest BCUT2D eigenvalue weighted by atomic mass is 10.2. The molecule has 1 aliphatic heterocycles. The molecule has 0 atom stereocenters.